The molecule has 0 fully saturated rings. The molecular formula is C19H17NO. The van der Waals surface area contributed by atoms with Crippen molar-refractivity contribution in [2.45, 2.75) is 13.8 Å². The Morgan fingerprint density at radius 1 is 1.05 bits per heavy atom. The molecule has 21 heavy (non-hydrogen) atoms. The van der Waals surface area contributed by atoms with Crippen LogP contribution in [-0.4, -0.2) is 10.2 Å². The van der Waals surface area contributed by atoms with Gasteiger partial charge in [-0.1, -0.05) is 36.4 Å². The summed E-state index contributed by atoms with van der Waals surface area (Å²) in [6, 6.07) is 18.6. The van der Waals surface area contributed by atoms with Crippen molar-refractivity contribution in [3.63, 3.8) is 0 Å². The van der Waals surface area contributed by atoms with Crippen molar-refractivity contribution in [2.75, 3.05) is 0 Å². The van der Waals surface area contributed by atoms with Gasteiger partial charge in [0.2, 0.25) is 0 Å². The second kappa shape index (κ2) is 5.41. The molecule has 3 rings (SSSR count). The number of hydrogen-bond donors (Lipinski definition) is 0. The Hall–Kier alpha value is -2.61. The van der Waals surface area contributed by atoms with Crippen molar-refractivity contribution in [3.8, 4) is 11.1 Å². The molecule has 0 atom stereocenters. The molecule has 2 aromatic heterocycles. The highest BCUT2D eigenvalue weighted by molar-refractivity contribution is 5.93. The summed E-state index contributed by atoms with van der Waals surface area (Å²) in [5, 5.41) is 0. The van der Waals surface area contributed by atoms with Crippen molar-refractivity contribution >= 4 is 17.4 Å². The number of benzene rings is 1. The largest absolute Gasteiger partial charge is 0.314 e. The molecule has 1 aromatic carbocycles. The molecule has 2 nitrogen and oxygen atoms in total. The Morgan fingerprint density at radius 3 is 2.52 bits per heavy atom. The predicted octanol–water partition coefficient (Wildman–Crippen LogP) is 4.52. The van der Waals surface area contributed by atoms with Crippen molar-refractivity contribution < 1.29 is 4.79 Å². The zero-order valence-electron chi connectivity index (χ0n) is 12.2. The van der Waals surface area contributed by atoms with Crippen molar-refractivity contribution in [1.82, 2.24) is 4.40 Å². The van der Waals surface area contributed by atoms with Gasteiger partial charge in [-0.15, -0.1) is 0 Å². The first-order valence-corrected chi connectivity index (χ1v) is 7.02. The quantitative estimate of drug-likeness (QED) is 0.644. The minimum Gasteiger partial charge on any atom is -0.314 e. The molecule has 0 spiro atoms. The first-order chi connectivity index (χ1) is 10.2. The topological polar surface area (TPSA) is 21.5 Å². The number of aromatic nitrogens is 1. The van der Waals surface area contributed by atoms with E-state index in [4.69, 9.17) is 0 Å². The number of ketones is 1. The average Bonchev–Trinajstić information content (AvgIpc) is 2.86. The van der Waals surface area contributed by atoms with Gasteiger partial charge in [0.15, 0.2) is 5.78 Å². The third-order valence-corrected chi connectivity index (χ3v) is 3.59. The Bertz CT molecular complexity index is 825. The van der Waals surface area contributed by atoms with Crippen LogP contribution >= 0.6 is 0 Å². The minimum absolute atomic E-state index is 0.0533. The lowest BCUT2D eigenvalue weighted by atomic mass is 10.1. The van der Waals surface area contributed by atoms with Gasteiger partial charge < -0.3 is 4.40 Å². The van der Waals surface area contributed by atoms with Gasteiger partial charge in [-0.05, 0) is 49.8 Å². The van der Waals surface area contributed by atoms with Crippen LogP contribution in [0.1, 0.15) is 18.3 Å². The summed E-state index contributed by atoms with van der Waals surface area (Å²) in [6.07, 6.45) is 3.53. The van der Waals surface area contributed by atoms with Crippen LogP contribution < -0.4 is 0 Å². The molecule has 0 saturated heterocycles. The number of allylic oxidation sites excluding steroid dienone is 1. The van der Waals surface area contributed by atoms with Crippen LogP contribution in [0.2, 0.25) is 0 Å². The van der Waals surface area contributed by atoms with Gasteiger partial charge in [0, 0.05) is 16.8 Å². The van der Waals surface area contributed by atoms with Crippen LogP contribution in [0.25, 0.3) is 22.7 Å². The van der Waals surface area contributed by atoms with E-state index in [1.807, 2.05) is 24.3 Å². The predicted molar refractivity (Wildman–Crippen MR) is 87.3 cm³/mol. The number of nitrogens with zero attached hydrogens (tertiary/aromatic N) is 1. The summed E-state index contributed by atoms with van der Waals surface area (Å²) in [4.78, 5) is 11.3. The highest BCUT2D eigenvalue weighted by atomic mass is 16.1. The van der Waals surface area contributed by atoms with Gasteiger partial charge in [-0.2, -0.15) is 0 Å². The number of rotatable bonds is 3. The number of fused-ring (bicyclic) bond motifs is 1. The first-order valence-electron chi connectivity index (χ1n) is 7.02. The molecule has 0 bridgehead atoms. The molecular weight excluding hydrogens is 258 g/mol. The molecule has 2 heterocycles. The van der Waals surface area contributed by atoms with E-state index in [0.717, 1.165) is 28.0 Å². The Labute approximate surface area is 124 Å². The normalized spacial score (nSPS) is 11.3. The maximum Gasteiger partial charge on any atom is 0.152 e. The molecule has 104 valence electrons. The maximum atomic E-state index is 11.3. The van der Waals surface area contributed by atoms with Crippen LogP contribution in [-0.2, 0) is 4.79 Å². The molecule has 0 radical (unpaired) electrons. The van der Waals surface area contributed by atoms with Crippen LogP contribution in [0.3, 0.4) is 0 Å². The van der Waals surface area contributed by atoms with E-state index in [-0.39, 0.29) is 5.78 Å². The first kappa shape index (κ1) is 13.4. The number of hydrogen-bond acceptors (Lipinski definition) is 1. The summed E-state index contributed by atoms with van der Waals surface area (Å²) < 4.78 is 2.18. The van der Waals surface area contributed by atoms with E-state index in [0.29, 0.717) is 0 Å². The third kappa shape index (κ3) is 2.52. The van der Waals surface area contributed by atoms with E-state index >= 15 is 0 Å². The number of aryl methyl sites for hydroxylation is 1. The second-order valence-corrected chi connectivity index (χ2v) is 5.18. The zero-order valence-corrected chi connectivity index (χ0v) is 12.2. The van der Waals surface area contributed by atoms with Gasteiger partial charge in [0.1, 0.15) is 0 Å². The van der Waals surface area contributed by atoms with Gasteiger partial charge >= 0.3 is 0 Å². The van der Waals surface area contributed by atoms with Crippen LogP contribution in [0, 0.1) is 6.92 Å². The standard InChI is InChI=1S/C19H17NO/c1-14-7-6-10-17-13-18(16-8-4-3-5-9-16)19(20(14)17)12-11-15(2)21/h3-13H,1-2H3/b12-11+. The SMILES string of the molecule is CC(=O)/C=C/c1c(-c2ccccc2)cc2cccc(C)n12. The Kier molecular flexibility index (Phi) is 3.44. The van der Waals surface area contributed by atoms with Gasteiger partial charge in [-0.3, -0.25) is 4.79 Å². The van der Waals surface area contributed by atoms with Gasteiger partial charge in [-0.25, -0.2) is 0 Å². The maximum absolute atomic E-state index is 11.3. The summed E-state index contributed by atoms with van der Waals surface area (Å²) in [5.74, 6) is 0.0533. The Morgan fingerprint density at radius 2 is 1.81 bits per heavy atom. The van der Waals surface area contributed by atoms with Crippen molar-refractivity contribution in [2.24, 2.45) is 0 Å². The number of pyridine rings is 1. The van der Waals surface area contributed by atoms with Crippen molar-refractivity contribution in [3.05, 3.63) is 72.1 Å². The fourth-order valence-corrected chi connectivity index (χ4v) is 2.63. The van der Waals surface area contributed by atoms with Crippen LogP contribution in [0.4, 0.5) is 0 Å². The van der Waals surface area contributed by atoms with E-state index in [1.165, 1.54) is 0 Å². The number of carbonyl (C=O) groups excluding carboxylic acids is 1. The summed E-state index contributed by atoms with van der Waals surface area (Å²) in [7, 11) is 0. The summed E-state index contributed by atoms with van der Waals surface area (Å²) in [5.41, 5.74) is 5.63. The van der Waals surface area contributed by atoms with Crippen LogP contribution in [0.5, 0.6) is 0 Å². The van der Waals surface area contributed by atoms with E-state index < -0.39 is 0 Å². The fraction of sp³-hybridized carbons (Fsp3) is 0.105. The molecule has 0 aliphatic carbocycles. The van der Waals surface area contributed by atoms with E-state index in [1.54, 1.807) is 13.0 Å². The van der Waals surface area contributed by atoms with E-state index in [9.17, 15) is 4.79 Å². The monoisotopic (exact) mass is 275 g/mol. The Balaban J connectivity index is 2.31. The fourth-order valence-electron chi connectivity index (χ4n) is 2.63. The minimum atomic E-state index is 0.0533. The van der Waals surface area contributed by atoms with Gasteiger partial charge in [0.25, 0.3) is 0 Å². The average molecular weight is 275 g/mol. The third-order valence-electron chi connectivity index (χ3n) is 3.59. The second-order valence-electron chi connectivity index (χ2n) is 5.18. The molecule has 0 aliphatic rings. The van der Waals surface area contributed by atoms with Crippen molar-refractivity contribution in [1.29, 1.82) is 0 Å². The molecule has 0 saturated carbocycles. The highest BCUT2D eigenvalue weighted by Gasteiger charge is 2.11. The number of carbonyl (C=O) groups is 1. The molecule has 3 aromatic rings. The lowest BCUT2D eigenvalue weighted by molar-refractivity contribution is -0.112. The van der Waals surface area contributed by atoms with Crippen LogP contribution in [0.15, 0.2) is 60.7 Å². The molecule has 0 aliphatic heterocycles. The highest BCUT2D eigenvalue weighted by Crippen LogP contribution is 2.29. The molecule has 2 heteroatoms. The smallest absolute Gasteiger partial charge is 0.152 e. The zero-order chi connectivity index (χ0) is 14.8. The molecule has 0 amide bonds. The summed E-state index contributed by atoms with van der Waals surface area (Å²) in [6.45, 7) is 3.65. The lowest BCUT2D eigenvalue weighted by Crippen LogP contribution is -1.94. The van der Waals surface area contributed by atoms with Gasteiger partial charge in [0.05, 0.1) is 5.69 Å². The lowest BCUT2D eigenvalue weighted by Gasteiger charge is -2.05. The van der Waals surface area contributed by atoms with E-state index in [2.05, 4.69) is 47.7 Å². The summed E-state index contributed by atoms with van der Waals surface area (Å²) >= 11 is 0. The molecule has 0 unspecified atom stereocenters. The molecule has 0 N–H and O–H groups in total.